The highest BCUT2D eigenvalue weighted by molar-refractivity contribution is 5.90. The zero-order valence-electron chi connectivity index (χ0n) is 15.3. The van der Waals surface area contributed by atoms with Gasteiger partial charge in [-0.2, -0.15) is 0 Å². The molecular formula is C21H20N4O2. The van der Waals surface area contributed by atoms with Gasteiger partial charge in [0, 0.05) is 24.0 Å². The number of nitrogens with one attached hydrogen (secondary N) is 1. The van der Waals surface area contributed by atoms with Gasteiger partial charge in [0.15, 0.2) is 0 Å². The number of aryl methyl sites for hydroxylation is 1. The second-order valence-corrected chi connectivity index (χ2v) is 6.39. The molecule has 0 amide bonds. The van der Waals surface area contributed by atoms with E-state index in [1.165, 1.54) is 18.4 Å². The topological polar surface area (TPSA) is 67.3 Å². The molecule has 4 rings (SSSR count). The normalized spacial score (nSPS) is 12.6. The minimum Gasteiger partial charge on any atom is -0.465 e. The Morgan fingerprint density at radius 1 is 1.11 bits per heavy atom. The van der Waals surface area contributed by atoms with Crippen molar-refractivity contribution >= 4 is 29.0 Å². The van der Waals surface area contributed by atoms with E-state index in [4.69, 9.17) is 4.74 Å². The van der Waals surface area contributed by atoms with Gasteiger partial charge in [0.2, 0.25) is 0 Å². The lowest BCUT2D eigenvalue weighted by molar-refractivity contribution is 0.0601. The van der Waals surface area contributed by atoms with Crippen LogP contribution in [0.25, 0.3) is 0 Å². The predicted molar refractivity (Wildman–Crippen MR) is 105 cm³/mol. The fourth-order valence-corrected chi connectivity index (χ4v) is 3.32. The standard InChI is InChI=1S/C21H20N4O2/c1-14-22-19(24-17-8-5-7-16(12-17)21(26)27-2)13-20(23-14)25-11-10-15-6-3-4-9-18(15)25/h3-9,12-13H,10-11H2,1-2H3,(H,22,23,24). The van der Waals surface area contributed by atoms with Crippen LogP contribution in [0.4, 0.5) is 23.0 Å². The monoisotopic (exact) mass is 360 g/mol. The molecule has 0 atom stereocenters. The van der Waals surface area contributed by atoms with Crippen molar-refractivity contribution in [3.8, 4) is 0 Å². The van der Waals surface area contributed by atoms with Crippen molar-refractivity contribution < 1.29 is 9.53 Å². The summed E-state index contributed by atoms with van der Waals surface area (Å²) in [4.78, 5) is 23.0. The number of nitrogens with zero attached hydrogens (tertiary/aromatic N) is 3. The molecule has 27 heavy (non-hydrogen) atoms. The number of methoxy groups -OCH3 is 1. The van der Waals surface area contributed by atoms with Crippen molar-refractivity contribution in [2.45, 2.75) is 13.3 Å². The Morgan fingerprint density at radius 2 is 1.96 bits per heavy atom. The fraction of sp³-hybridized carbons (Fsp3) is 0.190. The molecule has 0 spiro atoms. The van der Waals surface area contributed by atoms with E-state index in [2.05, 4.69) is 38.4 Å². The Kier molecular flexibility index (Phi) is 4.46. The minimum absolute atomic E-state index is 0.369. The maximum Gasteiger partial charge on any atom is 0.337 e. The Bertz CT molecular complexity index is 1000. The second-order valence-electron chi connectivity index (χ2n) is 6.39. The van der Waals surface area contributed by atoms with Gasteiger partial charge in [-0.15, -0.1) is 0 Å². The van der Waals surface area contributed by atoms with Gasteiger partial charge in [-0.3, -0.25) is 0 Å². The number of ether oxygens (including phenoxy) is 1. The number of fused-ring (bicyclic) bond motifs is 1. The third kappa shape index (κ3) is 3.46. The first kappa shape index (κ1) is 17.0. The Balaban J connectivity index is 1.63. The van der Waals surface area contributed by atoms with Crippen molar-refractivity contribution in [1.82, 2.24) is 9.97 Å². The summed E-state index contributed by atoms with van der Waals surface area (Å²) in [6, 6.07) is 17.5. The lowest BCUT2D eigenvalue weighted by Gasteiger charge is -2.19. The minimum atomic E-state index is -0.369. The SMILES string of the molecule is COC(=O)c1cccc(Nc2cc(N3CCc4ccccc43)nc(C)n2)c1. The van der Waals surface area contributed by atoms with Crippen LogP contribution in [0.15, 0.2) is 54.6 Å². The Hall–Kier alpha value is -3.41. The predicted octanol–water partition coefficient (Wildman–Crippen LogP) is 4.01. The van der Waals surface area contributed by atoms with Gasteiger partial charge in [0.05, 0.1) is 12.7 Å². The molecule has 0 saturated heterocycles. The molecule has 6 nitrogen and oxygen atoms in total. The van der Waals surface area contributed by atoms with Gasteiger partial charge < -0.3 is 15.0 Å². The van der Waals surface area contributed by atoms with Crippen LogP contribution in [0.2, 0.25) is 0 Å². The van der Waals surface area contributed by atoms with Crippen molar-refractivity contribution in [2.75, 3.05) is 23.9 Å². The van der Waals surface area contributed by atoms with Gasteiger partial charge in [-0.05, 0) is 43.2 Å². The number of benzene rings is 2. The quantitative estimate of drug-likeness (QED) is 0.709. The van der Waals surface area contributed by atoms with Gasteiger partial charge in [-0.25, -0.2) is 14.8 Å². The highest BCUT2D eigenvalue weighted by Gasteiger charge is 2.21. The molecule has 1 aromatic heterocycles. The Morgan fingerprint density at radius 3 is 2.81 bits per heavy atom. The summed E-state index contributed by atoms with van der Waals surface area (Å²) in [6.07, 6.45) is 1.00. The smallest absolute Gasteiger partial charge is 0.337 e. The molecule has 2 aromatic carbocycles. The molecule has 136 valence electrons. The number of para-hydroxylation sites is 1. The molecule has 0 radical (unpaired) electrons. The number of rotatable bonds is 4. The van der Waals surface area contributed by atoms with Crippen LogP contribution in [-0.2, 0) is 11.2 Å². The van der Waals surface area contributed by atoms with Crippen molar-refractivity contribution in [3.05, 3.63) is 71.5 Å². The van der Waals surface area contributed by atoms with E-state index < -0.39 is 0 Å². The van der Waals surface area contributed by atoms with Crippen LogP contribution in [0.5, 0.6) is 0 Å². The first-order chi connectivity index (χ1) is 13.1. The highest BCUT2D eigenvalue weighted by Crippen LogP contribution is 2.34. The van der Waals surface area contributed by atoms with E-state index in [1.807, 2.05) is 25.1 Å². The van der Waals surface area contributed by atoms with Crippen LogP contribution >= 0.6 is 0 Å². The van der Waals surface area contributed by atoms with Gasteiger partial charge in [0.1, 0.15) is 17.5 Å². The zero-order chi connectivity index (χ0) is 18.8. The molecule has 0 bridgehead atoms. The highest BCUT2D eigenvalue weighted by atomic mass is 16.5. The fourth-order valence-electron chi connectivity index (χ4n) is 3.32. The van der Waals surface area contributed by atoms with Crippen LogP contribution in [-0.4, -0.2) is 29.6 Å². The summed E-state index contributed by atoms with van der Waals surface area (Å²) in [5.74, 6) is 1.86. The molecule has 0 aliphatic carbocycles. The number of anilines is 4. The summed E-state index contributed by atoms with van der Waals surface area (Å²) in [5.41, 5.74) is 3.77. The first-order valence-electron chi connectivity index (χ1n) is 8.80. The molecular weight excluding hydrogens is 340 g/mol. The molecule has 0 saturated carbocycles. The molecule has 0 unspecified atom stereocenters. The molecule has 1 aliphatic heterocycles. The molecule has 1 N–H and O–H groups in total. The number of esters is 1. The van der Waals surface area contributed by atoms with Gasteiger partial charge >= 0.3 is 5.97 Å². The number of aromatic nitrogens is 2. The summed E-state index contributed by atoms with van der Waals surface area (Å²) in [6.45, 7) is 2.77. The van der Waals surface area contributed by atoms with E-state index >= 15 is 0 Å². The maximum absolute atomic E-state index is 11.7. The van der Waals surface area contributed by atoms with Crippen molar-refractivity contribution in [3.63, 3.8) is 0 Å². The zero-order valence-corrected chi connectivity index (χ0v) is 15.3. The summed E-state index contributed by atoms with van der Waals surface area (Å²) in [5, 5.41) is 3.27. The average Bonchev–Trinajstić information content (AvgIpc) is 3.11. The molecule has 0 fully saturated rings. The molecule has 2 heterocycles. The number of carbonyl (C=O) groups is 1. The van der Waals surface area contributed by atoms with Crippen molar-refractivity contribution in [1.29, 1.82) is 0 Å². The van der Waals surface area contributed by atoms with Crippen molar-refractivity contribution in [2.24, 2.45) is 0 Å². The summed E-state index contributed by atoms with van der Waals surface area (Å²) in [7, 11) is 1.37. The maximum atomic E-state index is 11.7. The van der Waals surface area contributed by atoms with Crippen LogP contribution in [0.1, 0.15) is 21.7 Å². The van der Waals surface area contributed by atoms with Gasteiger partial charge in [0.25, 0.3) is 0 Å². The molecule has 3 aromatic rings. The van der Waals surface area contributed by atoms with E-state index in [1.54, 1.807) is 18.2 Å². The summed E-state index contributed by atoms with van der Waals surface area (Å²) < 4.78 is 4.78. The number of hydrogen-bond acceptors (Lipinski definition) is 6. The lowest BCUT2D eigenvalue weighted by Crippen LogP contribution is -2.16. The van der Waals surface area contributed by atoms with E-state index in [0.29, 0.717) is 17.2 Å². The first-order valence-corrected chi connectivity index (χ1v) is 8.80. The molecule has 6 heteroatoms. The summed E-state index contributed by atoms with van der Waals surface area (Å²) >= 11 is 0. The lowest BCUT2D eigenvalue weighted by atomic mass is 10.2. The molecule has 1 aliphatic rings. The van der Waals surface area contributed by atoms with Crippen LogP contribution in [0, 0.1) is 6.92 Å². The van der Waals surface area contributed by atoms with E-state index in [9.17, 15) is 4.79 Å². The third-order valence-corrected chi connectivity index (χ3v) is 4.54. The van der Waals surface area contributed by atoms with Crippen LogP contribution in [0.3, 0.4) is 0 Å². The largest absolute Gasteiger partial charge is 0.465 e. The van der Waals surface area contributed by atoms with Gasteiger partial charge in [-0.1, -0.05) is 24.3 Å². The van der Waals surface area contributed by atoms with E-state index in [0.717, 1.165) is 24.5 Å². The Labute approximate surface area is 157 Å². The van der Waals surface area contributed by atoms with Crippen LogP contribution < -0.4 is 10.2 Å². The number of carbonyl (C=O) groups excluding carboxylic acids is 1. The average molecular weight is 360 g/mol. The number of hydrogen-bond donors (Lipinski definition) is 1. The second kappa shape index (κ2) is 7.07. The van der Waals surface area contributed by atoms with E-state index in [-0.39, 0.29) is 5.97 Å². The third-order valence-electron chi connectivity index (χ3n) is 4.54.